The molecule has 3 atom stereocenters. The van der Waals surface area contributed by atoms with Crippen LogP contribution in [0.15, 0.2) is 0 Å². The molecule has 0 spiro atoms. The molecular formula is C15H25NO3. The van der Waals surface area contributed by atoms with Gasteiger partial charge in [-0.2, -0.15) is 0 Å². The summed E-state index contributed by atoms with van der Waals surface area (Å²) < 4.78 is 4.72. The van der Waals surface area contributed by atoms with Crippen LogP contribution in [0.1, 0.15) is 51.9 Å². The number of Topliss-reactive ketones (excluding diaryl/α,β-unsaturated/α-hetero) is 1. The Balaban J connectivity index is 1.90. The fraction of sp³-hybridized carbons (Fsp3) is 0.867. The Hall–Kier alpha value is -0.900. The third kappa shape index (κ3) is 3.56. The molecule has 1 saturated heterocycles. The van der Waals surface area contributed by atoms with Gasteiger partial charge in [-0.25, -0.2) is 0 Å². The fourth-order valence-corrected chi connectivity index (χ4v) is 3.67. The van der Waals surface area contributed by atoms with Gasteiger partial charge in [0, 0.05) is 31.3 Å². The van der Waals surface area contributed by atoms with Gasteiger partial charge in [-0.1, -0.05) is 6.92 Å². The first-order valence-corrected chi connectivity index (χ1v) is 7.46. The van der Waals surface area contributed by atoms with Crippen LogP contribution in [0.4, 0.5) is 0 Å². The number of rotatable bonds is 4. The first-order valence-electron chi connectivity index (χ1n) is 7.46. The van der Waals surface area contributed by atoms with Gasteiger partial charge in [0.2, 0.25) is 0 Å². The van der Waals surface area contributed by atoms with Crippen LogP contribution in [0.5, 0.6) is 0 Å². The van der Waals surface area contributed by atoms with Gasteiger partial charge in [0.15, 0.2) is 0 Å². The monoisotopic (exact) mass is 267 g/mol. The van der Waals surface area contributed by atoms with Crippen molar-refractivity contribution in [1.82, 2.24) is 4.90 Å². The number of carbonyl (C=O) groups is 2. The second-order valence-corrected chi connectivity index (χ2v) is 5.97. The summed E-state index contributed by atoms with van der Waals surface area (Å²) in [5.41, 5.74) is 0. The summed E-state index contributed by atoms with van der Waals surface area (Å²) in [6.07, 6.45) is 6.24. The highest BCUT2D eigenvalue weighted by atomic mass is 16.5. The van der Waals surface area contributed by atoms with E-state index in [0.717, 1.165) is 32.2 Å². The Morgan fingerprint density at radius 2 is 2.21 bits per heavy atom. The van der Waals surface area contributed by atoms with E-state index in [1.807, 2.05) is 0 Å². The molecule has 4 heteroatoms. The minimum absolute atomic E-state index is 0.112. The van der Waals surface area contributed by atoms with Gasteiger partial charge in [0.25, 0.3) is 0 Å². The average Bonchev–Trinajstić information content (AvgIpc) is 2.84. The molecule has 1 aliphatic carbocycles. The third-order valence-corrected chi connectivity index (χ3v) is 4.68. The van der Waals surface area contributed by atoms with Gasteiger partial charge in [-0.3, -0.25) is 14.5 Å². The standard InChI is InChI=1S/C15H25NO3/c1-11-10-13(17)6-7-14(11)16-9-3-4-12(16)5-8-15(18)19-2/h11-12,14H,3-10H2,1-2H3. The van der Waals surface area contributed by atoms with Crippen molar-refractivity contribution in [2.75, 3.05) is 13.7 Å². The summed E-state index contributed by atoms with van der Waals surface area (Å²) in [4.78, 5) is 25.3. The summed E-state index contributed by atoms with van der Waals surface area (Å²) in [6.45, 7) is 3.31. The molecule has 0 N–H and O–H groups in total. The number of hydrogen-bond acceptors (Lipinski definition) is 4. The number of methoxy groups -OCH3 is 1. The molecule has 19 heavy (non-hydrogen) atoms. The molecule has 0 bridgehead atoms. The molecule has 0 amide bonds. The smallest absolute Gasteiger partial charge is 0.305 e. The lowest BCUT2D eigenvalue weighted by molar-refractivity contribution is -0.141. The second kappa shape index (κ2) is 6.51. The number of hydrogen-bond donors (Lipinski definition) is 0. The van der Waals surface area contributed by atoms with Crippen LogP contribution in [0.3, 0.4) is 0 Å². The van der Waals surface area contributed by atoms with Crippen LogP contribution in [-0.4, -0.2) is 42.4 Å². The zero-order valence-electron chi connectivity index (χ0n) is 12.1. The maximum atomic E-state index is 11.5. The van der Waals surface area contributed by atoms with Crippen molar-refractivity contribution in [3.05, 3.63) is 0 Å². The van der Waals surface area contributed by atoms with E-state index in [0.29, 0.717) is 30.2 Å². The Morgan fingerprint density at radius 1 is 1.42 bits per heavy atom. The topological polar surface area (TPSA) is 46.6 Å². The zero-order chi connectivity index (χ0) is 13.8. The minimum atomic E-state index is -0.112. The van der Waals surface area contributed by atoms with E-state index in [2.05, 4.69) is 11.8 Å². The molecule has 3 unspecified atom stereocenters. The summed E-state index contributed by atoms with van der Waals surface area (Å²) in [6, 6.07) is 1.03. The van der Waals surface area contributed by atoms with Crippen LogP contribution in [0.2, 0.25) is 0 Å². The van der Waals surface area contributed by atoms with Crippen molar-refractivity contribution in [1.29, 1.82) is 0 Å². The first kappa shape index (κ1) is 14.5. The predicted octanol–water partition coefficient (Wildman–Crippen LogP) is 2.16. The van der Waals surface area contributed by atoms with E-state index < -0.39 is 0 Å². The lowest BCUT2D eigenvalue weighted by Crippen LogP contribution is -2.45. The molecule has 2 aliphatic rings. The lowest BCUT2D eigenvalue weighted by Gasteiger charge is -2.39. The summed E-state index contributed by atoms with van der Waals surface area (Å²) in [5.74, 6) is 0.757. The molecule has 1 saturated carbocycles. The largest absolute Gasteiger partial charge is 0.469 e. The van der Waals surface area contributed by atoms with Gasteiger partial charge in [0.05, 0.1) is 7.11 Å². The fourth-order valence-electron chi connectivity index (χ4n) is 3.67. The van der Waals surface area contributed by atoms with E-state index in [9.17, 15) is 9.59 Å². The first-order chi connectivity index (χ1) is 9.11. The van der Waals surface area contributed by atoms with Crippen molar-refractivity contribution >= 4 is 11.8 Å². The lowest BCUT2D eigenvalue weighted by atomic mass is 9.83. The maximum absolute atomic E-state index is 11.5. The number of nitrogens with zero attached hydrogens (tertiary/aromatic N) is 1. The highest BCUT2D eigenvalue weighted by molar-refractivity contribution is 5.79. The van der Waals surface area contributed by atoms with Gasteiger partial charge >= 0.3 is 5.97 Å². The van der Waals surface area contributed by atoms with Crippen molar-refractivity contribution in [2.45, 2.75) is 64.0 Å². The van der Waals surface area contributed by atoms with Gasteiger partial charge in [0.1, 0.15) is 5.78 Å². The molecule has 0 aromatic heterocycles. The van der Waals surface area contributed by atoms with Crippen molar-refractivity contribution < 1.29 is 14.3 Å². The Morgan fingerprint density at radius 3 is 2.89 bits per heavy atom. The van der Waals surface area contributed by atoms with E-state index >= 15 is 0 Å². The highest BCUT2D eigenvalue weighted by Crippen LogP contribution is 2.33. The zero-order valence-corrected chi connectivity index (χ0v) is 12.1. The summed E-state index contributed by atoms with van der Waals surface area (Å²) >= 11 is 0. The summed E-state index contributed by atoms with van der Waals surface area (Å²) in [7, 11) is 1.45. The minimum Gasteiger partial charge on any atom is -0.469 e. The maximum Gasteiger partial charge on any atom is 0.305 e. The molecule has 4 nitrogen and oxygen atoms in total. The highest BCUT2D eigenvalue weighted by Gasteiger charge is 2.36. The van der Waals surface area contributed by atoms with E-state index in [1.54, 1.807) is 0 Å². The van der Waals surface area contributed by atoms with Gasteiger partial charge in [-0.15, -0.1) is 0 Å². The SMILES string of the molecule is COC(=O)CCC1CCCN1C1CCC(=O)CC1C. The molecule has 108 valence electrons. The van der Waals surface area contributed by atoms with Crippen LogP contribution in [0.25, 0.3) is 0 Å². The van der Waals surface area contributed by atoms with Crippen LogP contribution >= 0.6 is 0 Å². The van der Waals surface area contributed by atoms with Crippen molar-refractivity contribution in [3.63, 3.8) is 0 Å². The number of esters is 1. The van der Waals surface area contributed by atoms with E-state index in [4.69, 9.17) is 4.74 Å². The number of ketones is 1. The molecule has 2 rings (SSSR count). The van der Waals surface area contributed by atoms with Crippen molar-refractivity contribution in [2.24, 2.45) is 5.92 Å². The normalized spacial score (nSPS) is 32.5. The Bertz CT molecular complexity index is 342. The Labute approximate surface area is 115 Å². The van der Waals surface area contributed by atoms with Crippen molar-refractivity contribution in [3.8, 4) is 0 Å². The third-order valence-electron chi connectivity index (χ3n) is 4.68. The molecule has 0 aromatic rings. The number of carbonyl (C=O) groups excluding carboxylic acids is 2. The van der Waals surface area contributed by atoms with Crippen LogP contribution in [-0.2, 0) is 14.3 Å². The van der Waals surface area contributed by atoms with E-state index in [-0.39, 0.29) is 5.97 Å². The van der Waals surface area contributed by atoms with Crippen LogP contribution < -0.4 is 0 Å². The van der Waals surface area contributed by atoms with Gasteiger partial charge < -0.3 is 4.74 Å². The molecule has 0 radical (unpaired) electrons. The number of likely N-dealkylation sites (tertiary alicyclic amines) is 1. The predicted molar refractivity (Wildman–Crippen MR) is 72.8 cm³/mol. The average molecular weight is 267 g/mol. The summed E-state index contributed by atoms with van der Waals surface area (Å²) in [5, 5.41) is 0. The quantitative estimate of drug-likeness (QED) is 0.732. The molecular weight excluding hydrogens is 242 g/mol. The Kier molecular flexibility index (Phi) is 4.97. The second-order valence-electron chi connectivity index (χ2n) is 5.97. The molecule has 1 aliphatic heterocycles. The molecule has 0 aromatic carbocycles. The number of ether oxygens (including phenoxy) is 1. The molecule has 1 heterocycles. The van der Waals surface area contributed by atoms with Crippen LogP contribution in [0, 0.1) is 5.92 Å². The van der Waals surface area contributed by atoms with E-state index in [1.165, 1.54) is 20.0 Å². The van der Waals surface area contributed by atoms with Gasteiger partial charge in [-0.05, 0) is 38.1 Å². The molecule has 2 fully saturated rings.